The van der Waals surface area contributed by atoms with E-state index in [0.29, 0.717) is 12.1 Å². The lowest BCUT2D eigenvalue weighted by atomic mass is 9.99. The Labute approximate surface area is 187 Å². The van der Waals surface area contributed by atoms with Gasteiger partial charge in [0.25, 0.3) is 0 Å². The first-order valence-corrected chi connectivity index (χ1v) is 11.1. The highest BCUT2D eigenvalue weighted by Crippen LogP contribution is 2.29. The number of hydrogen-bond acceptors (Lipinski definition) is 2. The minimum atomic E-state index is 0.347. The summed E-state index contributed by atoms with van der Waals surface area (Å²) >= 11 is 6.42. The van der Waals surface area contributed by atoms with E-state index in [0.717, 1.165) is 42.3 Å². The third-order valence-corrected chi connectivity index (χ3v) is 6.22. The number of rotatable bonds is 7. The molecule has 2 nitrogen and oxygen atoms in total. The van der Waals surface area contributed by atoms with Gasteiger partial charge in [-0.2, -0.15) is 0 Å². The van der Waals surface area contributed by atoms with Gasteiger partial charge >= 0.3 is 0 Å². The summed E-state index contributed by atoms with van der Waals surface area (Å²) in [4.78, 5) is 5.11. The molecule has 1 aliphatic heterocycles. The topological polar surface area (TPSA) is 6.48 Å². The van der Waals surface area contributed by atoms with Crippen LogP contribution in [0.3, 0.4) is 0 Å². The maximum Gasteiger partial charge on any atom is 0.0484 e. The van der Waals surface area contributed by atoms with Crippen LogP contribution in [-0.2, 0) is 6.54 Å². The van der Waals surface area contributed by atoms with Crippen molar-refractivity contribution in [2.75, 3.05) is 19.6 Å². The van der Waals surface area contributed by atoms with Crippen molar-refractivity contribution in [2.45, 2.75) is 39.4 Å². The largest absolute Gasteiger partial charge is 0.296 e. The van der Waals surface area contributed by atoms with Crippen LogP contribution in [0.25, 0.3) is 11.1 Å². The van der Waals surface area contributed by atoms with Crippen molar-refractivity contribution < 1.29 is 0 Å². The second-order valence-corrected chi connectivity index (χ2v) is 8.78. The van der Waals surface area contributed by atoms with Gasteiger partial charge < -0.3 is 0 Å². The molecule has 0 radical (unpaired) electrons. The molecule has 3 heteroatoms. The van der Waals surface area contributed by atoms with Crippen LogP contribution in [-0.4, -0.2) is 41.5 Å². The Kier molecular flexibility index (Phi) is 7.71. The summed E-state index contributed by atoms with van der Waals surface area (Å²) < 4.78 is 0. The molecule has 2 aromatic carbocycles. The van der Waals surface area contributed by atoms with Crippen LogP contribution in [0.1, 0.15) is 25.0 Å². The molecule has 0 bridgehead atoms. The fourth-order valence-corrected chi connectivity index (χ4v) is 4.50. The van der Waals surface area contributed by atoms with Crippen LogP contribution in [0, 0.1) is 6.92 Å². The minimum absolute atomic E-state index is 0.347. The first-order valence-electron chi connectivity index (χ1n) is 10.7. The molecule has 0 aliphatic carbocycles. The number of piperazine rings is 1. The molecule has 1 saturated heterocycles. The predicted molar refractivity (Wildman–Crippen MR) is 131 cm³/mol. The molecule has 3 rings (SSSR count). The SMILES string of the molecule is C=C/C=C(\C=C)C1CN(Cc2ccc(-c3cc(C)ccc3Cl)cc2)CCN1C(C)C. The number of nitrogens with zero attached hydrogens (tertiary/aromatic N) is 2. The Balaban J connectivity index is 1.74. The highest BCUT2D eigenvalue weighted by atomic mass is 35.5. The third-order valence-electron chi connectivity index (χ3n) is 5.89. The normalized spacial score (nSPS) is 18.6. The number of aryl methyl sites for hydroxylation is 1. The Bertz CT molecular complexity index is 911. The van der Waals surface area contributed by atoms with Gasteiger partial charge in [-0.15, -0.1) is 0 Å². The monoisotopic (exact) mass is 420 g/mol. The lowest BCUT2D eigenvalue weighted by Gasteiger charge is -2.44. The number of benzene rings is 2. The van der Waals surface area contributed by atoms with Crippen LogP contribution in [0.2, 0.25) is 5.02 Å². The van der Waals surface area contributed by atoms with E-state index < -0.39 is 0 Å². The van der Waals surface area contributed by atoms with Gasteiger partial charge in [-0.25, -0.2) is 0 Å². The molecule has 30 heavy (non-hydrogen) atoms. The Morgan fingerprint density at radius 2 is 1.87 bits per heavy atom. The van der Waals surface area contributed by atoms with Gasteiger partial charge in [-0.1, -0.05) is 78.9 Å². The molecule has 158 valence electrons. The average Bonchev–Trinajstić information content (AvgIpc) is 2.74. The lowest BCUT2D eigenvalue weighted by molar-refractivity contribution is 0.0658. The molecule has 1 atom stereocenters. The molecular weight excluding hydrogens is 388 g/mol. The van der Waals surface area contributed by atoms with Gasteiger partial charge in [0.15, 0.2) is 0 Å². The van der Waals surface area contributed by atoms with Crippen molar-refractivity contribution in [2.24, 2.45) is 0 Å². The molecule has 0 saturated carbocycles. The summed E-state index contributed by atoms with van der Waals surface area (Å²) in [5.74, 6) is 0. The molecule has 1 fully saturated rings. The zero-order valence-corrected chi connectivity index (χ0v) is 19.2. The second-order valence-electron chi connectivity index (χ2n) is 8.37. The Morgan fingerprint density at radius 3 is 2.50 bits per heavy atom. The number of allylic oxidation sites excluding steroid dienone is 2. The fraction of sp³-hybridized carbons (Fsp3) is 0.333. The van der Waals surface area contributed by atoms with Crippen molar-refractivity contribution in [1.82, 2.24) is 9.80 Å². The third kappa shape index (κ3) is 5.31. The van der Waals surface area contributed by atoms with E-state index >= 15 is 0 Å². The molecule has 1 aliphatic rings. The molecule has 2 aromatic rings. The highest BCUT2D eigenvalue weighted by molar-refractivity contribution is 6.33. The van der Waals surface area contributed by atoms with Crippen molar-refractivity contribution in [3.05, 3.63) is 95.6 Å². The smallest absolute Gasteiger partial charge is 0.0484 e. The van der Waals surface area contributed by atoms with E-state index in [2.05, 4.69) is 80.1 Å². The molecule has 0 aromatic heterocycles. The zero-order valence-electron chi connectivity index (χ0n) is 18.4. The first kappa shape index (κ1) is 22.6. The van der Waals surface area contributed by atoms with Gasteiger partial charge in [0.05, 0.1) is 0 Å². The van der Waals surface area contributed by atoms with Crippen molar-refractivity contribution in [1.29, 1.82) is 0 Å². The predicted octanol–water partition coefficient (Wildman–Crippen LogP) is 6.51. The summed E-state index contributed by atoms with van der Waals surface area (Å²) in [6.45, 7) is 18.6. The summed E-state index contributed by atoms with van der Waals surface area (Å²) in [6, 6.07) is 15.8. The quantitative estimate of drug-likeness (QED) is 0.471. The van der Waals surface area contributed by atoms with E-state index in [1.807, 2.05) is 24.3 Å². The van der Waals surface area contributed by atoms with Crippen molar-refractivity contribution in [3.8, 4) is 11.1 Å². The van der Waals surface area contributed by atoms with Crippen LogP contribution >= 0.6 is 11.6 Å². The molecule has 0 spiro atoms. The van der Waals surface area contributed by atoms with Crippen LogP contribution < -0.4 is 0 Å². The number of hydrogen-bond donors (Lipinski definition) is 0. The molecule has 1 heterocycles. The molecule has 0 N–H and O–H groups in total. The van der Waals surface area contributed by atoms with Crippen LogP contribution in [0.5, 0.6) is 0 Å². The zero-order chi connectivity index (χ0) is 21.7. The fourth-order valence-electron chi connectivity index (χ4n) is 4.27. The van der Waals surface area contributed by atoms with Crippen molar-refractivity contribution in [3.63, 3.8) is 0 Å². The van der Waals surface area contributed by atoms with Gasteiger partial charge in [-0.05, 0) is 49.6 Å². The van der Waals surface area contributed by atoms with E-state index in [-0.39, 0.29) is 0 Å². The van der Waals surface area contributed by atoms with E-state index in [1.54, 1.807) is 0 Å². The summed E-state index contributed by atoms with van der Waals surface area (Å²) in [7, 11) is 0. The maximum atomic E-state index is 6.42. The summed E-state index contributed by atoms with van der Waals surface area (Å²) in [5.41, 5.74) is 6.05. The van der Waals surface area contributed by atoms with E-state index in [9.17, 15) is 0 Å². The van der Waals surface area contributed by atoms with Crippen LogP contribution in [0.15, 0.2) is 79.4 Å². The second kappa shape index (κ2) is 10.3. The summed E-state index contributed by atoms with van der Waals surface area (Å²) in [6.07, 6.45) is 5.94. The maximum absolute atomic E-state index is 6.42. The first-order chi connectivity index (χ1) is 14.4. The van der Waals surface area contributed by atoms with Crippen LogP contribution in [0.4, 0.5) is 0 Å². The van der Waals surface area contributed by atoms with Gasteiger partial charge in [0.2, 0.25) is 0 Å². The lowest BCUT2D eigenvalue weighted by Crippen LogP contribution is -2.55. The van der Waals surface area contributed by atoms with E-state index in [1.165, 1.54) is 16.7 Å². The standard InChI is InChI=1S/C27H33ClN2/c1-6-8-23(7-2)27-19-29(15-16-30(27)20(3)4)18-22-10-12-24(13-11-22)25-17-21(5)9-14-26(25)28/h6-14,17,20,27H,1-2,15-16,18-19H2,3-5H3/b23-8+. The molecular formula is C27H33ClN2. The molecule has 0 amide bonds. The van der Waals surface area contributed by atoms with E-state index in [4.69, 9.17) is 11.6 Å². The average molecular weight is 421 g/mol. The minimum Gasteiger partial charge on any atom is -0.296 e. The highest BCUT2D eigenvalue weighted by Gasteiger charge is 2.30. The Morgan fingerprint density at radius 1 is 1.13 bits per heavy atom. The van der Waals surface area contributed by atoms with Gasteiger partial charge in [0.1, 0.15) is 0 Å². The van der Waals surface area contributed by atoms with Gasteiger partial charge in [0, 0.05) is 48.8 Å². The Hall–Kier alpha value is -2.13. The van der Waals surface area contributed by atoms with Gasteiger partial charge in [-0.3, -0.25) is 9.80 Å². The van der Waals surface area contributed by atoms with Crippen molar-refractivity contribution >= 4 is 11.6 Å². The molecule has 1 unspecified atom stereocenters. The number of halogens is 1. The summed E-state index contributed by atoms with van der Waals surface area (Å²) in [5, 5.41) is 0.798.